The molecule has 1 aromatic carbocycles. The van der Waals surface area contributed by atoms with E-state index in [1.54, 1.807) is 0 Å². The zero-order chi connectivity index (χ0) is 29.3. The summed E-state index contributed by atoms with van der Waals surface area (Å²) in [5.74, 6) is 0.769. The molecule has 0 spiro atoms. The predicted molar refractivity (Wildman–Crippen MR) is 174 cm³/mol. The van der Waals surface area contributed by atoms with E-state index >= 15 is 0 Å². The van der Waals surface area contributed by atoms with Gasteiger partial charge in [0.2, 0.25) is 0 Å². The van der Waals surface area contributed by atoms with Gasteiger partial charge < -0.3 is 14.2 Å². The maximum absolute atomic E-state index is 12.8. The molecule has 0 saturated carbocycles. The largest absolute Gasteiger partial charge is 0.508 e. The molecular weight excluding hydrogens is 515 g/mol. The Morgan fingerprint density at radius 2 is 1.25 bits per heavy atom. The van der Waals surface area contributed by atoms with Gasteiger partial charge in [0.15, 0.2) is 0 Å². The van der Waals surface area contributed by atoms with Crippen LogP contribution in [0.1, 0.15) is 180 Å². The van der Waals surface area contributed by atoms with Gasteiger partial charge in [0, 0.05) is 0 Å². The van der Waals surface area contributed by atoms with E-state index in [-0.39, 0.29) is 6.10 Å². The number of phenols is 1. The third-order valence-corrected chi connectivity index (χ3v) is 9.15. The van der Waals surface area contributed by atoms with Gasteiger partial charge in [0.1, 0.15) is 5.75 Å². The number of rotatable bonds is 28. The molecule has 0 aromatic heterocycles. The molecule has 4 nitrogen and oxygen atoms in total. The summed E-state index contributed by atoms with van der Waals surface area (Å²) in [6.07, 6.45) is 25.4. The van der Waals surface area contributed by atoms with Crippen molar-refractivity contribution >= 4 is 8.25 Å². The molecule has 3 unspecified atom stereocenters. The number of phenolic OH excluding ortho intramolecular Hbond substituents is 1. The zero-order valence-corrected chi connectivity index (χ0v) is 27.8. The van der Waals surface area contributed by atoms with Crippen molar-refractivity contribution in [1.29, 1.82) is 0 Å². The van der Waals surface area contributed by atoms with Crippen LogP contribution in [0.5, 0.6) is 5.75 Å². The zero-order valence-electron chi connectivity index (χ0n) is 26.8. The summed E-state index contributed by atoms with van der Waals surface area (Å²) in [4.78, 5) is 0. The third-order valence-electron chi connectivity index (χ3n) is 8.19. The SMILES string of the molecule is CCCCCCCO[PH](=O)OC(CCCCCC)CC(CCCCCC)c1ccc(O)c(CCCCCCC)c1. The maximum atomic E-state index is 12.8. The van der Waals surface area contributed by atoms with E-state index in [2.05, 4.69) is 39.8 Å². The molecular formula is C35H65O4P. The first-order valence-electron chi connectivity index (χ1n) is 17.2. The Labute approximate surface area is 249 Å². The number of hydrogen-bond donors (Lipinski definition) is 1. The van der Waals surface area contributed by atoms with E-state index < -0.39 is 8.25 Å². The van der Waals surface area contributed by atoms with Crippen molar-refractivity contribution in [2.45, 2.75) is 181 Å². The van der Waals surface area contributed by atoms with Gasteiger partial charge in [-0.2, -0.15) is 0 Å². The van der Waals surface area contributed by atoms with Crippen LogP contribution in [0.25, 0.3) is 0 Å². The number of hydrogen-bond acceptors (Lipinski definition) is 4. The van der Waals surface area contributed by atoms with Crippen LogP contribution in [-0.2, 0) is 20.0 Å². The van der Waals surface area contributed by atoms with E-state index in [0.717, 1.165) is 56.9 Å². The van der Waals surface area contributed by atoms with Crippen molar-refractivity contribution in [2.75, 3.05) is 6.61 Å². The van der Waals surface area contributed by atoms with Crippen LogP contribution >= 0.6 is 8.25 Å². The Morgan fingerprint density at radius 3 is 1.88 bits per heavy atom. The molecule has 1 aromatic rings. The Balaban J connectivity index is 2.91. The highest BCUT2D eigenvalue weighted by atomic mass is 31.1. The van der Waals surface area contributed by atoms with Gasteiger partial charge in [0.05, 0.1) is 12.7 Å². The molecule has 1 rings (SSSR count). The summed E-state index contributed by atoms with van der Waals surface area (Å²) in [5, 5.41) is 10.6. The Hall–Kier alpha value is -0.830. The minimum atomic E-state index is -2.50. The van der Waals surface area contributed by atoms with Gasteiger partial charge in [-0.25, -0.2) is 0 Å². The summed E-state index contributed by atoms with van der Waals surface area (Å²) in [6.45, 7) is 9.48. The van der Waals surface area contributed by atoms with Crippen molar-refractivity contribution in [3.8, 4) is 5.75 Å². The molecule has 40 heavy (non-hydrogen) atoms. The molecule has 0 aliphatic carbocycles. The number of unbranched alkanes of at least 4 members (excludes halogenated alkanes) is 14. The Morgan fingerprint density at radius 1 is 0.700 bits per heavy atom. The van der Waals surface area contributed by atoms with E-state index in [1.807, 2.05) is 6.07 Å². The highest BCUT2D eigenvalue weighted by Gasteiger charge is 2.22. The summed E-state index contributed by atoms with van der Waals surface area (Å²) >= 11 is 0. The molecule has 0 amide bonds. The fourth-order valence-corrected chi connectivity index (χ4v) is 6.45. The highest BCUT2D eigenvalue weighted by molar-refractivity contribution is 7.33. The first kappa shape index (κ1) is 37.2. The molecule has 0 aliphatic rings. The lowest BCUT2D eigenvalue weighted by atomic mass is 9.85. The lowest BCUT2D eigenvalue weighted by Crippen LogP contribution is -2.15. The Bertz CT molecular complexity index is 738. The van der Waals surface area contributed by atoms with Crippen LogP contribution in [-0.4, -0.2) is 17.8 Å². The van der Waals surface area contributed by atoms with E-state index in [1.165, 1.54) is 95.5 Å². The molecule has 234 valence electrons. The number of aromatic hydroxyl groups is 1. The van der Waals surface area contributed by atoms with Crippen molar-refractivity contribution in [2.24, 2.45) is 0 Å². The van der Waals surface area contributed by atoms with Gasteiger partial charge >= 0.3 is 8.25 Å². The van der Waals surface area contributed by atoms with Gasteiger partial charge in [-0.15, -0.1) is 0 Å². The standard InChI is InChI=1S/C35H65O4P/c1-5-9-13-17-20-24-33-29-32(26-27-35(33)36)31(23-19-15-11-7-3)30-34(25-21-16-12-8-4)39-40(37)38-28-22-18-14-10-6-2/h26-27,29,31,34,36,40H,5-25,28,30H2,1-4H3. The lowest BCUT2D eigenvalue weighted by molar-refractivity contribution is 0.137. The normalized spacial score (nSPS) is 13.9. The van der Waals surface area contributed by atoms with Crippen molar-refractivity contribution in [1.82, 2.24) is 0 Å². The smallest absolute Gasteiger partial charge is 0.319 e. The molecule has 5 heteroatoms. The molecule has 0 fully saturated rings. The van der Waals surface area contributed by atoms with Crippen molar-refractivity contribution in [3.05, 3.63) is 29.3 Å². The predicted octanol–water partition coefficient (Wildman–Crippen LogP) is 12.1. The van der Waals surface area contributed by atoms with Gasteiger partial charge in [-0.05, 0) is 61.6 Å². The van der Waals surface area contributed by atoms with E-state index in [9.17, 15) is 9.67 Å². The maximum Gasteiger partial charge on any atom is 0.319 e. The average Bonchev–Trinajstić information content (AvgIpc) is 2.95. The van der Waals surface area contributed by atoms with Crippen LogP contribution in [0.3, 0.4) is 0 Å². The lowest BCUT2D eigenvalue weighted by Gasteiger charge is -2.25. The highest BCUT2D eigenvalue weighted by Crippen LogP contribution is 2.37. The van der Waals surface area contributed by atoms with Crippen LogP contribution in [0, 0.1) is 0 Å². The van der Waals surface area contributed by atoms with Gasteiger partial charge in [-0.3, -0.25) is 4.57 Å². The van der Waals surface area contributed by atoms with Crippen LogP contribution < -0.4 is 0 Å². The third kappa shape index (κ3) is 18.6. The van der Waals surface area contributed by atoms with E-state index in [0.29, 0.717) is 18.3 Å². The minimum absolute atomic E-state index is 0.0502. The first-order chi connectivity index (χ1) is 19.5. The van der Waals surface area contributed by atoms with Gasteiger partial charge in [-0.1, -0.05) is 143 Å². The first-order valence-corrected chi connectivity index (χ1v) is 18.4. The van der Waals surface area contributed by atoms with Gasteiger partial charge in [0.25, 0.3) is 0 Å². The molecule has 0 radical (unpaired) electrons. The number of benzene rings is 1. The molecule has 0 heterocycles. The van der Waals surface area contributed by atoms with E-state index in [4.69, 9.17) is 9.05 Å². The van der Waals surface area contributed by atoms with Crippen molar-refractivity contribution < 1.29 is 18.7 Å². The Kier molecular flexibility index (Phi) is 24.0. The monoisotopic (exact) mass is 580 g/mol. The summed E-state index contributed by atoms with van der Waals surface area (Å²) in [6, 6.07) is 6.27. The second kappa shape index (κ2) is 25.8. The fraction of sp³-hybridized carbons (Fsp3) is 0.829. The average molecular weight is 581 g/mol. The minimum Gasteiger partial charge on any atom is -0.508 e. The van der Waals surface area contributed by atoms with Crippen LogP contribution in [0.2, 0.25) is 0 Å². The fourth-order valence-electron chi connectivity index (χ4n) is 5.59. The summed E-state index contributed by atoms with van der Waals surface area (Å²) in [5.41, 5.74) is 2.38. The topological polar surface area (TPSA) is 55.8 Å². The van der Waals surface area contributed by atoms with Crippen molar-refractivity contribution in [3.63, 3.8) is 0 Å². The second-order valence-corrected chi connectivity index (χ2v) is 13.0. The molecule has 0 bridgehead atoms. The molecule has 1 N–H and O–H groups in total. The summed E-state index contributed by atoms with van der Waals surface area (Å²) < 4.78 is 24.7. The van der Waals surface area contributed by atoms with Crippen LogP contribution in [0.4, 0.5) is 0 Å². The number of aryl methyl sites for hydroxylation is 1. The molecule has 3 atom stereocenters. The molecule has 0 saturated heterocycles. The summed E-state index contributed by atoms with van der Waals surface area (Å²) in [7, 11) is -2.50. The van der Waals surface area contributed by atoms with Crippen LogP contribution in [0.15, 0.2) is 18.2 Å². The second-order valence-electron chi connectivity index (χ2n) is 11.9. The quantitative estimate of drug-likeness (QED) is 0.0791. The molecule has 0 aliphatic heterocycles.